The molecule has 25 heavy (non-hydrogen) atoms. The fraction of sp³-hybridized carbons (Fsp3) is 0.421. The number of aromatic nitrogens is 2. The maximum atomic E-state index is 12.2. The highest BCUT2D eigenvalue weighted by Crippen LogP contribution is 2.38. The maximum absolute atomic E-state index is 12.2. The highest BCUT2D eigenvalue weighted by atomic mass is 16.4. The SMILES string of the molecule is Cc1nc(N(C)C)nc(N2CCC(C(=O)O)(c3ccccc3)C2)c1C. The molecule has 0 amide bonds. The van der Waals surface area contributed by atoms with E-state index in [1.165, 1.54) is 0 Å². The van der Waals surface area contributed by atoms with Crippen LogP contribution < -0.4 is 9.80 Å². The fourth-order valence-corrected chi connectivity index (χ4v) is 3.39. The van der Waals surface area contributed by atoms with Crippen LogP contribution in [-0.4, -0.2) is 48.2 Å². The summed E-state index contributed by atoms with van der Waals surface area (Å²) in [5.74, 6) is 0.693. The van der Waals surface area contributed by atoms with E-state index in [0.29, 0.717) is 25.5 Å². The van der Waals surface area contributed by atoms with E-state index >= 15 is 0 Å². The van der Waals surface area contributed by atoms with Gasteiger partial charge in [-0.1, -0.05) is 30.3 Å². The van der Waals surface area contributed by atoms with Crippen LogP contribution in [-0.2, 0) is 10.2 Å². The molecule has 6 nitrogen and oxygen atoms in total. The van der Waals surface area contributed by atoms with Gasteiger partial charge in [0.25, 0.3) is 0 Å². The third-order valence-electron chi connectivity index (χ3n) is 5.06. The van der Waals surface area contributed by atoms with Gasteiger partial charge in [0.05, 0.1) is 0 Å². The molecule has 3 rings (SSSR count). The van der Waals surface area contributed by atoms with Crippen LogP contribution in [0.25, 0.3) is 0 Å². The van der Waals surface area contributed by atoms with Crippen molar-refractivity contribution in [1.82, 2.24) is 9.97 Å². The molecule has 0 bridgehead atoms. The van der Waals surface area contributed by atoms with Crippen LogP contribution in [0.15, 0.2) is 30.3 Å². The number of hydrogen-bond acceptors (Lipinski definition) is 5. The predicted octanol–water partition coefficient (Wildman–Crippen LogP) is 2.39. The van der Waals surface area contributed by atoms with Crippen molar-refractivity contribution in [3.63, 3.8) is 0 Å². The van der Waals surface area contributed by atoms with E-state index in [2.05, 4.69) is 14.9 Å². The molecule has 1 unspecified atom stereocenters. The van der Waals surface area contributed by atoms with E-state index in [-0.39, 0.29) is 0 Å². The first-order chi connectivity index (χ1) is 11.8. The molecule has 0 saturated carbocycles. The van der Waals surface area contributed by atoms with E-state index in [9.17, 15) is 9.90 Å². The maximum Gasteiger partial charge on any atom is 0.316 e. The summed E-state index contributed by atoms with van der Waals surface area (Å²) in [6.07, 6.45) is 0.562. The molecule has 1 fully saturated rings. The average molecular weight is 340 g/mol. The van der Waals surface area contributed by atoms with E-state index < -0.39 is 11.4 Å². The summed E-state index contributed by atoms with van der Waals surface area (Å²) in [5.41, 5.74) is 1.87. The zero-order valence-corrected chi connectivity index (χ0v) is 15.2. The number of anilines is 2. The molecule has 1 saturated heterocycles. The molecule has 2 heterocycles. The molecule has 0 aliphatic carbocycles. The largest absolute Gasteiger partial charge is 0.481 e. The number of rotatable bonds is 4. The van der Waals surface area contributed by atoms with Gasteiger partial charge in [-0.15, -0.1) is 0 Å². The first kappa shape index (κ1) is 17.2. The van der Waals surface area contributed by atoms with Crippen LogP contribution >= 0.6 is 0 Å². The van der Waals surface area contributed by atoms with E-state index in [1.54, 1.807) is 0 Å². The lowest BCUT2D eigenvalue weighted by Crippen LogP contribution is -2.39. The van der Waals surface area contributed by atoms with Crippen molar-refractivity contribution in [2.45, 2.75) is 25.7 Å². The number of aryl methyl sites for hydroxylation is 1. The number of carbonyl (C=O) groups is 1. The zero-order chi connectivity index (χ0) is 18.2. The second-order valence-corrected chi connectivity index (χ2v) is 6.88. The van der Waals surface area contributed by atoms with Crippen molar-refractivity contribution in [2.24, 2.45) is 0 Å². The number of hydrogen-bond donors (Lipinski definition) is 1. The van der Waals surface area contributed by atoms with Gasteiger partial charge in [0.15, 0.2) is 0 Å². The van der Waals surface area contributed by atoms with Crippen molar-refractivity contribution in [2.75, 3.05) is 37.0 Å². The lowest BCUT2D eigenvalue weighted by atomic mass is 9.80. The summed E-state index contributed by atoms with van der Waals surface area (Å²) in [4.78, 5) is 25.3. The van der Waals surface area contributed by atoms with Gasteiger partial charge < -0.3 is 14.9 Å². The Bertz CT molecular complexity index is 792. The minimum atomic E-state index is -0.898. The molecule has 1 aliphatic rings. The van der Waals surface area contributed by atoms with Crippen molar-refractivity contribution in [1.29, 1.82) is 0 Å². The minimum absolute atomic E-state index is 0.413. The van der Waals surface area contributed by atoms with E-state index in [1.807, 2.05) is 63.2 Å². The Morgan fingerprint density at radius 1 is 1.20 bits per heavy atom. The third kappa shape index (κ3) is 2.92. The fourth-order valence-electron chi connectivity index (χ4n) is 3.39. The molecule has 1 aliphatic heterocycles. The first-order valence-electron chi connectivity index (χ1n) is 8.41. The van der Waals surface area contributed by atoms with Crippen LogP contribution in [0.4, 0.5) is 11.8 Å². The summed E-state index contributed by atoms with van der Waals surface area (Å²) in [6, 6.07) is 9.51. The van der Waals surface area contributed by atoms with Gasteiger partial charge in [-0.25, -0.2) is 4.98 Å². The minimum Gasteiger partial charge on any atom is -0.481 e. The Kier molecular flexibility index (Phi) is 4.37. The molecular formula is C19H24N4O2. The number of carboxylic acid groups (broad SMARTS) is 1. The molecule has 2 aromatic rings. The lowest BCUT2D eigenvalue weighted by Gasteiger charge is -2.27. The topological polar surface area (TPSA) is 69.6 Å². The quantitative estimate of drug-likeness (QED) is 0.922. The van der Waals surface area contributed by atoms with Gasteiger partial charge in [-0.05, 0) is 25.8 Å². The molecule has 0 spiro atoms. The van der Waals surface area contributed by atoms with Crippen LogP contribution in [0, 0.1) is 13.8 Å². The summed E-state index contributed by atoms with van der Waals surface area (Å²) >= 11 is 0. The number of nitrogens with zero attached hydrogens (tertiary/aromatic N) is 4. The summed E-state index contributed by atoms with van der Waals surface area (Å²) in [5, 5.41) is 9.98. The summed E-state index contributed by atoms with van der Waals surface area (Å²) in [7, 11) is 3.81. The van der Waals surface area contributed by atoms with E-state index in [0.717, 1.165) is 22.6 Å². The summed E-state index contributed by atoms with van der Waals surface area (Å²) < 4.78 is 0. The van der Waals surface area contributed by atoms with Crippen LogP contribution in [0.3, 0.4) is 0 Å². The molecule has 1 aromatic heterocycles. The normalized spacial score (nSPS) is 19.9. The van der Waals surface area contributed by atoms with Crippen molar-refractivity contribution in [3.8, 4) is 0 Å². The van der Waals surface area contributed by atoms with Crippen LogP contribution in [0.5, 0.6) is 0 Å². The van der Waals surface area contributed by atoms with Gasteiger partial charge in [0.1, 0.15) is 11.2 Å². The summed E-state index contributed by atoms with van der Waals surface area (Å²) in [6.45, 7) is 5.03. The smallest absolute Gasteiger partial charge is 0.316 e. The van der Waals surface area contributed by atoms with Crippen LogP contribution in [0.2, 0.25) is 0 Å². The van der Waals surface area contributed by atoms with Crippen molar-refractivity contribution >= 4 is 17.7 Å². The third-order valence-corrected chi connectivity index (χ3v) is 5.06. The standard InChI is InChI=1S/C19H24N4O2/c1-13-14(2)20-18(22(3)4)21-16(13)23-11-10-19(12-23,17(24)25)15-8-6-5-7-9-15/h5-9H,10-12H2,1-4H3,(H,24,25). The second kappa shape index (κ2) is 6.35. The first-order valence-corrected chi connectivity index (χ1v) is 8.41. The Morgan fingerprint density at radius 2 is 1.88 bits per heavy atom. The molecule has 0 radical (unpaired) electrons. The Morgan fingerprint density at radius 3 is 2.48 bits per heavy atom. The van der Waals surface area contributed by atoms with Crippen LogP contribution in [0.1, 0.15) is 23.2 Å². The molecule has 6 heteroatoms. The number of benzene rings is 1. The van der Waals surface area contributed by atoms with Gasteiger partial charge in [-0.2, -0.15) is 4.98 Å². The Labute approximate surface area is 148 Å². The van der Waals surface area contributed by atoms with E-state index in [4.69, 9.17) is 0 Å². The lowest BCUT2D eigenvalue weighted by molar-refractivity contribution is -0.143. The molecular weight excluding hydrogens is 316 g/mol. The highest BCUT2D eigenvalue weighted by Gasteiger charge is 2.47. The predicted molar refractivity (Wildman–Crippen MR) is 98.4 cm³/mol. The van der Waals surface area contributed by atoms with Gasteiger partial charge >= 0.3 is 5.97 Å². The zero-order valence-electron chi connectivity index (χ0n) is 15.2. The monoisotopic (exact) mass is 340 g/mol. The number of aliphatic carboxylic acids is 1. The number of carboxylic acids is 1. The van der Waals surface area contributed by atoms with Gasteiger partial charge in [0, 0.05) is 38.4 Å². The Balaban J connectivity index is 2.01. The molecule has 1 atom stereocenters. The molecule has 1 aromatic carbocycles. The Hall–Kier alpha value is -2.63. The highest BCUT2D eigenvalue weighted by molar-refractivity contribution is 5.83. The average Bonchev–Trinajstić information content (AvgIpc) is 3.04. The van der Waals surface area contributed by atoms with Crippen molar-refractivity contribution in [3.05, 3.63) is 47.2 Å². The van der Waals surface area contributed by atoms with Gasteiger partial charge in [-0.3, -0.25) is 4.79 Å². The second-order valence-electron chi connectivity index (χ2n) is 6.88. The van der Waals surface area contributed by atoms with Gasteiger partial charge in [0.2, 0.25) is 5.95 Å². The molecule has 1 N–H and O–H groups in total. The molecule has 132 valence electrons. The van der Waals surface area contributed by atoms with Crippen molar-refractivity contribution < 1.29 is 9.90 Å².